The van der Waals surface area contributed by atoms with Gasteiger partial charge in [-0.3, -0.25) is 4.79 Å². The number of hydrogen-bond donors (Lipinski definition) is 1. The van der Waals surface area contributed by atoms with Crippen LogP contribution in [0.25, 0.3) is 0 Å². The third-order valence-corrected chi connectivity index (χ3v) is 3.95. The van der Waals surface area contributed by atoms with Crippen LogP contribution in [0.4, 0.5) is 0 Å². The number of ketones is 1. The molecule has 1 N–H and O–H groups in total. The van der Waals surface area contributed by atoms with Gasteiger partial charge in [0, 0.05) is 24.6 Å². The molecular formula is C18H19NO. The molecule has 0 saturated carbocycles. The first-order chi connectivity index (χ1) is 9.83. The van der Waals surface area contributed by atoms with Crippen LogP contribution in [0.1, 0.15) is 34.3 Å². The van der Waals surface area contributed by atoms with Crippen molar-refractivity contribution in [2.24, 2.45) is 0 Å². The largest absolute Gasteiger partial charge is 0.309 e. The summed E-state index contributed by atoms with van der Waals surface area (Å²) in [6.45, 7) is 0.829. The Morgan fingerprint density at radius 1 is 1.00 bits per heavy atom. The molecule has 0 radical (unpaired) electrons. The van der Waals surface area contributed by atoms with Crippen molar-refractivity contribution in [1.82, 2.24) is 5.32 Å². The molecule has 2 nitrogen and oxygen atoms in total. The van der Waals surface area contributed by atoms with Crippen LogP contribution in [-0.4, -0.2) is 11.8 Å². The lowest BCUT2D eigenvalue weighted by Gasteiger charge is -2.15. The molecule has 0 aromatic heterocycles. The fourth-order valence-corrected chi connectivity index (χ4v) is 2.81. The molecule has 0 spiro atoms. The molecule has 1 aliphatic rings. The zero-order valence-electron chi connectivity index (χ0n) is 11.5. The van der Waals surface area contributed by atoms with Gasteiger partial charge in [0.2, 0.25) is 0 Å². The summed E-state index contributed by atoms with van der Waals surface area (Å²) >= 11 is 0. The first-order valence-electron chi connectivity index (χ1n) is 7.21. The van der Waals surface area contributed by atoms with Crippen LogP contribution in [0.15, 0.2) is 54.6 Å². The molecule has 0 heterocycles. The van der Waals surface area contributed by atoms with Crippen molar-refractivity contribution in [2.45, 2.75) is 31.8 Å². The Hall–Kier alpha value is -1.93. The summed E-state index contributed by atoms with van der Waals surface area (Å²) in [5.74, 6) is 0.267. The van der Waals surface area contributed by atoms with Crippen LogP contribution < -0.4 is 5.32 Å². The molecular weight excluding hydrogens is 246 g/mol. The van der Waals surface area contributed by atoms with Gasteiger partial charge in [0.05, 0.1) is 0 Å². The summed E-state index contributed by atoms with van der Waals surface area (Å²) in [4.78, 5) is 12.3. The fraction of sp³-hybridized carbons (Fsp3) is 0.278. The van der Waals surface area contributed by atoms with Crippen molar-refractivity contribution in [1.29, 1.82) is 0 Å². The van der Waals surface area contributed by atoms with Gasteiger partial charge in [-0.05, 0) is 24.0 Å². The third kappa shape index (κ3) is 2.97. The number of aryl methyl sites for hydroxylation is 1. The van der Waals surface area contributed by atoms with Gasteiger partial charge in [0.25, 0.3) is 0 Å². The second-order valence-electron chi connectivity index (χ2n) is 5.39. The van der Waals surface area contributed by atoms with E-state index in [4.69, 9.17) is 0 Å². The van der Waals surface area contributed by atoms with Crippen molar-refractivity contribution in [3.05, 3.63) is 71.3 Å². The molecule has 0 saturated heterocycles. The topological polar surface area (TPSA) is 29.1 Å². The van der Waals surface area contributed by atoms with Crippen LogP contribution in [0.2, 0.25) is 0 Å². The maximum absolute atomic E-state index is 12.3. The number of rotatable bonds is 3. The summed E-state index contributed by atoms with van der Waals surface area (Å²) in [7, 11) is 0. The lowest BCUT2D eigenvalue weighted by Crippen LogP contribution is -2.30. The van der Waals surface area contributed by atoms with Crippen molar-refractivity contribution in [3.63, 3.8) is 0 Å². The normalized spacial score (nSPS) is 18.4. The molecule has 0 fully saturated rings. The molecule has 102 valence electrons. The Morgan fingerprint density at radius 3 is 2.60 bits per heavy atom. The van der Waals surface area contributed by atoms with E-state index >= 15 is 0 Å². The van der Waals surface area contributed by atoms with Gasteiger partial charge in [-0.15, -0.1) is 0 Å². The number of carbonyl (C=O) groups is 1. The molecule has 0 amide bonds. The second kappa shape index (κ2) is 6.02. The summed E-state index contributed by atoms with van der Waals surface area (Å²) in [6, 6.07) is 18.6. The predicted molar refractivity (Wildman–Crippen MR) is 80.8 cm³/mol. The highest BCUT2D eigenvalue weighted by molar-refractivity contribution is 5.98. The Morgan fingerprint density at radius 2 is 1.75 bits per heavy atom. The number of fused-ring (bicyclic) bond motifs is 1. The van der Waals surface area contributed by atoms with Crippen LogP contribution in [0.5, 0.6) is 0 Å². The van der Waals surface area contributed by atoms with Gasteiger partial charge < -0.3 is 5.32 Å². The zero-order chi connectivity index (χ0) is 13.8. The van der Waals surface area contributed by atoms with E-state index in [-0.39, 0.29) is 11.8 Å². The van der Waals surface area contributed by atoms with Gasteiger partial charge in [-0.1, -0.05) is 54.6 Å². The average Bonchev–Trinajstić information content (AvgIpc) is 2.66. The highest BCUT2D eigenvalue weighted by atomic mass is 16.1. The van der Waals surface area contributed by atoms with E-state index in [0.29, 0.717) is 6.42 Å². The summed E-state index contributed by atoms with van der Waals surface area (Å²) < 4.78 is 0. The van der Waals surface area contributed by atoms with Crippen LogP contribution in [0, 0.1) is 0 Å². The molecule has 1 atom stereocenters. The van der Waals surface area contributed by atoms with Crippen molar-refractivity contribution in [2.75, 3.05) is 0 Å². The van der Waals surface area contributed by atoms with E-state index in [2.05, 4.69) is 23.5 Å². The van der Waals surface area contributed by atoms with Gasteiger partial charge in [-0.25, -0.2) is 0 Å². The van der Waals surface area contributed by atoms with E-state index in [0.717, 1.165) is 24.9 Å². The highest BCUT2D eigenvalue weighted by Gasteiger charge is 2.21. The van der Waals surface area contributed by atoms with Crippen LogP contribution >= 0.6 is 0 Å². The lowest BCUT2D eigenvalue weighted by atomic mass is 10.0. The Labute approximate surface area is 119 Å². The Kier molecular flexibility index (Phi) is 3.93. The van der Waals surface area contributed by atoms with E-state index in [1.165, 1.54) is 11.1 Å². The number of hydrogen-bond acceptors (Lipinski definition) is 2. The first kappa shape index (κ1) is 13.1. The van der Waals surface area contributed by atoms with Gasteiger partial charge >= 0.3 is 0 Å². The van der Waals surface area contributed by atoms with E-state index in [1.54, 1.807) is 0 Å². The van der Waals surface area contributed by atoms with Crippen LogP contribution in [0.3, 0.4) is 0 Å². The third-order valence-electron chi connectivity index (χ3n) is 3.95. The minimum Gasteiger partial charge on any atom is -0.309 e. The standard InChI is InChI=1S/C18H19NO/c20-18-12-16(19-13-14-6-2-1-3-7-14)11-10-15-8-4-5-9-17(15)18/h1-9,16,19H,10-13H2. The molecule has 2 aromatic carbocycles. The summed E-state index contributed by atoms with van der Waals surface area (Å²) in [5, 5.41) is 3.52. The minimum atomic E-state index is 0.267. The van der Waals surface area contributed by atoms with E-state index < -0.39 is 0 Å². The molecule has 2 heteroatoms. The van der Waals surface area contributed by atoms with Crippen molar-refractivity contribution >= 4 is 5.78 Å². The quantitative estimate of drug-likeness (QED) is 0.862. The Bertz CT molecular complexity index is 591. The SMILES string of the molecule is O=C1CC(NCc2ccccc2)CCc2ccccc21. The summed E-state index contributed by atoms with van der Waals surface area (Å²) in [5.41, 5.74) is 3.37. The summed E-state index contributed by atoms with van der Waals surface area (Å²) in [6.07, 6.45) is 2.60. The molecule has 1 unspecified atom stereocenters. The van der Waals surface area contributed by atoms with E-state index in [9.17, 15) is 4.79 Å². The smallest absolute Gasteiger partial charge is 0.164 e. The molecule has 0 aliphatic heterocycles. The van der Waals surface area contributed by atoms with Gasteiger partial charge in [0.1, 0.15) is 0 Å². The number of carbonyl (C=O) groups excluding carboxylic acids is 1. The fourth-order valence-electron chi connectivity index (χ4n) is 2.81. The van der Waals surface area contributed by atoms with Gasteiger partial charge in [0.15, 0.2) is 5.78 Å². The molecule has 2 aromatic rings. The average molecular weight is 265 g/mol. The lowest BCUT2D eigenvalue weighted by molar-refractivity contribution is 0.0971. The van der Waals surface area contributed by atoms with Crippen molar-refractivity contribution in [3.8, 4) is 0 Å². The first-order valence-corrected chi connectivity index (χ1v) is 7.21. The molecule has 20 heavy (non-hydrogen) atoms. The molecule has 3 rings (SSSR count). The predicted octanol–water partition coefficient (Wildman–Crippen LogP) is 3.36. The van der Waals surface area contributed by atoms with E-state index in [1.807, 2.05) is 36.4 Å². The molecule has 1 aliphatic carbocycles. The molecule has 0 bridgehead atoms. The van der Waals surface area contributed by atoms with Crippen molar-refractivity contribution < 1.29 is 4.79 Å². The van der Waals surface area contributed by atoms with Gasteiger partial charge in [-0.2, -0.15) is 0 Å². The maximum Gasteiger partial charge on any atom is 0.164 e. The second-order valence-corrected chi connectivity index (χ2v) is 5.39. The zero-order valence-corrected chi connectivity index (χ0v) is 11.5. The Balaban J connectivity index is 1.65. The number of nitrogens with one attached hydrogen (secondary N) is 1. The van der Waals surface area contributed by atoms with Crippen LogP contribution in [-0.2, 0) is 13.0 Å². The highest BCUT2D eigenvalue weighted by Crippen LogP contribution is 2.20. The number of benzene rings is 2. The monoisotopic (exact) mass is 265 g/mol. The number of Topliss-reactive ketones (excluding diaryl/α,β-unsaturated/α-hetero) is 1. The maximum atomic E-state index is 12.3. The minimum absolute atomic E-state index is 0.267.